The molecule has 0 aromatic carbocycles. The Hall–Kier alpha value is -1.11. The van der Waals surface area contributed by atoms with Gasteiger partial charge in [-0.2, -0.15) is 0 Å². The van der Waals surface area contributed by atoms with Gasteiger partial charge in [-0.05, 0) is 11.6 Å². The van der Waals surface area contributed by atoms with E-state index in [-0.39, 0.29) is 0 Å². The number of nitrogens with zero attached hydrogens (tertiary/aromatic N) is 1. The molecular formula is C9H9N. The summed E-state index contributed by atoms with van der Waals surface area (Å²) in [7, 11) is 0. The van der Waals surface area contributed by atoms with E-state index in [9.17, 15) is 0 Å². The van der Waals surface area contributed by atoms with E-state index in [2.05, 4.69) is 36.2 Å². The summed E-state index contributed by atoms with van der Waals surface area (Å²) in [6, 6.07) is 0. The summed E-state index contributed by atoms with van der Waals surface area (Å²) in [4.78, 5) is 4.26. The van der Waals surface area contributed by atoms with Gasteiger partial charge in [0.2, 0.25) is 0 Å². The molecule has 0 saturated carbocycles. The number of hydrogen-bond acceptors (Lipinski definition) is 1. The van der Waals surface area contributed by atoms with Crippen LogP contribution in [-0.4, -0.2) is 5.71 Å². The van der Waals surface area contributed by atoms with Crippen molar-refractivity contribution in [3.63, 3.8) is 0 Å². The molecule has 0 aromatic heterocycles. The van der Waals surface area contributed by atoms with Crippen LogP contribution in [0.4, 0.5) is 0 Å². The summed E-state index contributed by atoms with van der Waals surface area (Å²) < 4.78 is 0. The van der Waals surface area contributed by atoms with Gasteiger partial charge in [0, 0.05) is 12.1 Å². The third kappa shape index (κ3) is 0.670. The number of aliphatic imine (C=N–C) groups is 1. The van der Waals surface area contributed by atoms with Gasteiger partial charge in [0.05, 0.1) is 5.71 Å². The highest BCUT2D eigenvalue weighted by Crippen LogP contribution is 2.20. The highest BCUT2D eigenvalue weighted by Gasteiger charge is 2.15. The molecule has 10 heavy (non-hydrogen) atoms. The summed E-state index contributed by atoms with van der Waals surface area (Å²) in [6.45, 7) is 2.16. The lowest BCUT2D eigenvalue weighted by Gasteiger charge is -2.10. The van der Waals surface area contributed by atoms with Crippen LogP contribution in [0.3, 0.4) is 0 Å². The van der Waals surface area contributed by atoms with Crippen molar-refractivity contribution in [3.05, 3.63) is 36.1 Å². The van der Waals surface area contributed by atoms with Gasteiger partial charge < -0.3 is 0 Å². The predicted octanol–water partition coefficient (Wildman–Crippen LogP) is 2.09. The SMILES string of the molecule is C[C@@H]1C=CC=C2C=CN=C21. The second-order valence-electron chi connectivity index (χ2n) is 2.63. The van der Waals surface area contributed by atoms with Gasteiger partial charge in [-0.25, -0.2) is 0 Å². The van der Waals surface area contributed by atoms with Gasteiger partial charge in [-0.3, -0.25) is 4.99 Å². The maximum Gasteiger partial charge on any atom is 0.0542 e. The smallest absolute Gasteiger partial charge is 0.0542 e. The normalized spacial score (nSPS) is 27.9. The van der Waals surface area contributed by atoms with Crippen LogP contribution in [0.2, 0.25) is 0 Å². The molecule has 2 aliphatic rings. The molecule has 0 bridgehead atoms. The van der Waals surface area contributed by atoms with Crippen molar-refractivity contribution in [3.8, 4) is 0 Å². The fourth-order valence-corrected chi connectivity index (χ4v) is 1.30. The molecule has 1 aliphatic carbocycles. The van der Waals surface area contributed by atoms with Crippen LogP contribution in [0, 0.1) is 5.92 Å². The third-order valence-electron chi connectivity index (χ3n) is 1.87. The predicted molar refractivity (Wildman–Crippen MR) is 43.0 cm³/mol. The molecule has 0 saturated heterocycles. The molecule has 0 radical (unpaired) electrons. The fourth-order valence-electron chi connectivity index (χ4n) is 1.30. The minimum absolute atomic E-state index is 0.495. The molecule has 1 heterocycles. The molecule has 1 heteroatoms. The van der Waals surface area contributed by atoms with Crippen molar-refractivity contribution in [1.82, 2.24) is 0 Å². The largest absolute Gasteiger partial charge is 0.260 e. The maximum absolute atomic E-state index is 4.26. The molecule has 50 valence electrons. The monoisotopic (exact) mass is 131 g/mol. The van der Waals surface area contributed by atoms with E-state index >= 15 is 0 Å². The first kappa shape index (κ1) is 5.66. The number of rotatable bonds is 0. The molecule has 0 unspecified atom stereocenters. The first-order valence-corrected chi connectivity index (χ1v) is 3.51. The quantitative estimate of drug-likeness (QED) is 0.477. The molecule has 0 N–H and O–H groups in total. The lowest BCUT2D eigenvalue weighted by Crippen LogP contribution is -2.10. The molecule has 0 aromatic rings. The minimum Gasteiger partial charge on any atom is -0.260 e. The minimum atomic E-state index is 0.495. The van der Waals surface area contributed by atoms with E-state index < -0.39 is 0 Å². The van der Waals surface area contributed by atoms with Crippen molar-refractivity contribution < 1.29 is 0 Å². The van der Waals surface area contributed by atoms with E-state index in [1.807, 2.05) is 6.20 Å². The zero-order valence-corrected chi connectivity index (χ0v) is 5.91. The average molecular weight is 131 g/mol. The second-order valence-corrected chi connectivity index (χ2v) is 2.63. The number of hydrogen-bond donors (Lipinski definition) is 0. The molecular weight excluding hydrogens is 122 g/mol. The molecule has 2 rings (SSSR count). The topological polar surface area (TPSA) is 12.4 Å². The number of fused-ring (bicyclic) bond motifs is 1. The van der Waals surface area contributed by atoms with Gasteiger partial charge in [0.15, 0.2) is 0 Å². The van der Waals surface area contributed by atoms with Gasteiger partial charge >= 0.3 is 0 Å². The third-order valence-corrected chi connectivity index (χ3v) is 1.87. The summed E-state index contributed by atoms with van der Waals surface area (Å²) in [5, 5.41) is 0. The first-order chi connectivity index (χ1) is 4.88. The average Bonchev–Trinajstić information content (AvgIpc) is 2.36. The van der Waals surface area contributed by atoms with Crippen LogP contribution in [0.5, 0.6) is 0 Å². The lowest BCUT2D eigenvalue weighted by molar-refractivity contribution is 0.993. The Labute approximate surface area is 60.5 Å². The summed E-state index contributed by atoms with van der Waals surface area (Å²) in [5.74, 6) is 0.495. The van der Waals surface area contributed by atoms with E-state index in [4.69, 9.17) is 0 Å². The van der Waals surface area contributed by atoms with E-state index in [0.29, 0.717) is 5.92 Å². The highest BCUT2D eigenvalue weighted by molar-refractivity contribution is 6.08. The van der Waals surface area contributed by atoms with Crippen molar-refractivity contribution in [2.75, 3.05) is 0 Å². The van der Waals surface area contributed by atoms with Crippen LogP contribution in [0.1, 0.15) is 6.92 Å². The van der Waals surface area contributed by atoms with Crippen LogP contribution in [0.15, 0.2) is 41.1 Å². The molecule has 0 spiro atoms. The van der Waals surface area contributed by atoms with Gasteiger partial charge in [0.25, 0.3) is 0 Å². The van der Waals surface area contributed by atoms with Crippen molar-refractivity contribution in [2.45, 2.75) is 6.92 Å². The molecule has 0 amide bonds. The Bertz CT molecular complexity index is 266. The zero-order chi connectivity index (χ0) is 6.97. The summed E-state index contributed by atoms with van der Waals surface area (Å²) in [6.07, 6.45) is 10.3. The van der Waals surface area contributed by atoms with Gasteiger partial charge in [-0.1, -0.05) is 25.2 Å². The van der Waals surface area contributed by atoms with Gasteiger partial charge in [-0.15, -0.1) is 0 Å². The Kier molecular flexibility index (Phi) is 1.10. The zero-order valence-electron chi connectivity index (χ0n) is 5.91. The Morgan fingerprint density at radius 2 is 2.40 bits per heavy atom. The van der Waals surface area contributed by atoms with Crippen molar-refractivity contribution in [1.29, 1.82) is 0 Å². The molecule has 1 atom stereocenters. The Morgan fingerprint density at radius 1 is 1.50 bits per heavy atom. The summed E-state index contributed by atoms with van der Waals surface area (Å²) >= 11 is 0. The van der Waals surface area contributed by atoms with Crippen molar-refractivity contribution >= 4 is 5.71 Å². The van der Waals surface area contributed by atoms with E-state index in [0.717, 1.165) is 0 Å². The fraction of sp³-hybridized carbons (Fsp3) is 0.222. The number of allylic oxidation sites excluding steroid dienone is 5. The first-order valence-electron chi connectivity index (χ1n) is 3.51. The van der Waals surface area contributed by atoms with E-state index in [1.165, 1.54) is 11.3 Å². The molecule has 1 aliphatic heterocycles. The van der Waals surface area contributed by atoms with Gasteiger partial charge in [0.1, 0.15) is 0 Å². The van der Waals surface area contributed by atoms with Crippen LogP contribution in [0.25, 0.3) is 0 Å². The lowest BCUT2D eigenvalue weighted by atomic mass is 9.95. The maximum atomic E-state index is 4.26. The van der Waals surface area contributed by atoms with E-state index in [1.54, 1.807) is 0 Å². The summed E-state index contributed by atoms with van der Waals surface area (Å²) in [5.41, 5.74) is 2.48. The molecule has 0 fully saturated rings. The Morgan fingerprint density at radius 3 is 3.20 bits per heavy atom. The standard InChI is InChI=1S/C9H9N/c1-7-3-2-4-8-5-6-10-9(7)8/h2-7H,1H3/t7-/m1/s1. The van der Waals surface area contributed by atoms with Crippen LogP contribution < -0.4 is 0 Å². The highest BCUT2D eigenvalue weighted by atomic mass is 14.7. The van der Waals surface area contributed by atoms with Crippen molar-refractivity contribution in [2.24, 2.45) is 10.9 Å². The van der Waals surface area contributed by atoms with Crippen LogP contribution in [-0.2, 0) is 0 Å². The van der Waals surface area contributed by atoms with Crippen LogP contribution >= 0.6 is 0 Å². The molecule has 1 nitrogen and oxygen atoms in total. The second kappa shape index (κ2) is 1.94. The Balaban J connectivity index is 2.45.